The van der Waals surface area contributed by atoms with Gasteiger partial charge in [0.25, 0.3) is 0 Å². The van der Waals surface area contributed by atoms with Crippen LogP contribution in [0.15, 0.2) is 0 Å². The molecule has 0 aromatic carbocycles. The highest BCUT2D eigenvalue weighted by Crippen LogP contribution is 2.02. The summed E-state index contributed by atoms with van der Waals surface area (Å²) in [5, 5.41) is 1.08. The molecule has 0 unspecified atom stereocenters. The Bertz CT molecular complexity index is 112. The van der Waals surface area contributed by atoms with Crippen molar-refractivity contribution in [1.29, 1.82) is 0 Å². The Morgan fingerprint density at radius 3 is 2.00 bits per heavy atom. The molecular formula is C6H15N3O. The van der Waals surface area contributed by atoms with Gasteiger partial charge in [-0.25, -0.2) is 10.6 Å². The molecule has 4 heteroatoms. The summed E-state index contributed by atoms with van der Waals surface area (Å²) in [5.41, 5.74) is 4.95. The van der Waals surface area contributed by atoms with Crippen LogP contribution >= 0.6 is 0 Å². The number of carbonyl (C=O) groups excluding carboxylic acids is 1. The van der Waals surface area contributed by atoms with Crippen LogP contribution in [0, 0.1) is 0 Å². The lowest BCUT2D eigenvalue weighted by atomic mass is 10.2. The van der Waals surface area contributed by atoms with Crippen LogP contribution in [0.1, 0.15) is 26.7 Å². The van der Waals surface area contributed by atoms with Crippen molar-refractivity contribution >= 4 is 6.03 Å². The highest BCUT2D eigenvalue weighted by Gasteiger charge is 2.13. The second-order valence-electron chi connectivity index (χ2n) is 2.22. The minimum atomic E-state index is -0.561. The van der Waals surface area contributed by atoms with E-state index >= 15 is 0 Å². The summed E-state index contributed by atoms with van der Waals surface area (Å²) in [6.07, 6.45) is 1.69. The van der Waals surface area contributed by atoms with Gasteiger partial charge in [-0.05, 0) is 12.8 Å². The smallest absolute Gasteiger partial charge is 0.329 e. The van der Waals surface area contributed by atoms with Gasteiger partial charge in [-0.1, -0.05) is 13.8 Å². The Balaban J connectivity index is 3.88. The SMILES string of the molecule is CCC(CC)N(N)C(N)=O. The first-order chi connectivity index (χ1) is 4.63. The first kappa shape index (κ1) is 9.23. The number of nitrogens with zero attached hydrogens (tertiary/aromatic N) is 1. The molecule has 0 fully saturated rings. The van der Waals surface area contributed by atoms with Crippen LogP contribution in [0.4, 0.5) is 4.79 Å². The van der Waals surface area contributed by atoms with E-state index in [0.717, 1.165) is 17.9 Å². The summed E-state index contributed by atoms with van der Waals surface area (Å²) >= 11 is 0. The quantitative estimate of drug-likeness (QED) is 0.343. The van der Waals surface area contributed by atoms with Crippen LogP contribution in [0.3, 0.4) is 0 Å². The fourth-order valence-electron chi connectivity index (χ4n) is 0.862. The van der Waals surface area contributed by atoms with E-state index in [-0.39, 0.29) is 6.04 Å². The van der Waals surface area contributed by atoms with E-state index < -0.39 is 6.03 Å². The molecule has 0 saturated heterocycles. The molecule has 4 N–H and O–H groups in total. The van der Waals surface area contributed by atoms with Gasteiger partial charge >= 0.3 is 6.03 Å². The average Bonchev–Trinajstić information content (AvgIpc) is 1.90. The predicted molar refractivity (Wildman–Crippen MR) is 40.0 cm³/mol. The number of hydrazine groups is 1. The van der Waals surface area contributed by atoms with Gasteiger partial charge in [0.2, 0.25) is 0 Å². The lowest BCUT2D eigenvalue weighted by Gasteiger charge is -2.22. The second kappa shape index (κ2) is 4.11. The fourth-order valence-corrected chi connectivity index (χ4v) is 0.862. The molecule has 10 heavy (non-hydrogen) atoms. The maximum Gasteiger partial charge on any atom is 0.329 e. The molecule has 0 aliphatic carbocycles. The summed E-state index contributed by atoms with van der Waals surface area (Å²) in [7, 11) is 0. The first-order valence-electron chi connectivity index (χ1n) is 3.46. The van der Waals surface area contributed by atoms with Gasteiger partial charge in [-0.15, -0.1) is 0 Å². The van der Waals surface area contributed by atoms with Gasteiger partial charge < -0.3 is 5.73 Å². The van der Waals surface area contributed by atoms with Crippen LogP contribution in [0.5, 0.6) is 0 Å². The zero-order valence-corrected chi connectivity index (χ0v) is 6.50. The van der Waals surface area contributed by atoms with Crippen LogP contribution in [0.25, 0.3) is 0 Å². The van der Waals surface area contributed by atoms with Crippen molar-refractivity contribution in [3.8, 4) is 0 Å². The van der Waals surface area contributed by atoms with E-state index in [9.17, 15) is 4.79 Å². The molecule has 0 aliphatic heterocycles. The summed E-state index contributed by atoms with van der Waals surface area (Å²) in [6.45, 7) is 3.94. The van der Waals surface area contributed by atoms with Gasteiger partial charge in [-0.3, -0.25) is 5.01 Å². The molecule has 0 bridgehead atoms. The Labute approximate surface area is 61.1 Å². The average molecular weight is 145 g/mol. The molecule has 0 radical (unpaired) electrons. The van der Waals surface area contributed by atoms with Gasteiger partial charge in [0, 0.05) is 6.04 Å². The maximum absolute atomic E-state index is 10.5. The van der Waals surface area contributed by atoms with E-state index in [2.05, 4.69) is 0 Å². The van der Waals surface area contributed by atoms with Crippen LogP contribution < -0.4 is 11.6 Å². The van der Waals surface area contributed by atoms with E-state index in [1.54, 1.807) is 0 Å². The van der Waals surface area contributed by atoms with Crippen LogP contribution in [-0.2, 0) is 0 Å². The van der Waals surface area contributed by atoms with Crippen molar-refractivity contribution in [2.24, 2.45) is 11.6 Å². The van der Waals surface area contributed by atoms with Gasteiger partial charge in [0.05, 0.1) is 0 Å². The molecule has 4 nitrogen and oxygen atoms in total. The van der Waals surface area contributed by atoms with Crippen molar-refractivity contribution in [3.05, 3.63) is 0 Å². The third kappa shape index (κ3) is 2.23. The zero-order chi connectivity index (χ0) is 8.15. The normalized spacial score (nSPS) is 10.0. The monoisotopic (exact) mass is 145 g/mol. The van der Waals surface area contributed by atoms with E-state index in [1.165, 1.54) is 0 Å². The number of nitrogens with two attached hydrogens (primary N) is 2. The largest absolute Gasteiger partial charge is 0.350 e. The maximum atomic E-state index is 10.5. The van der Waals surface area contributed by atoms with Crippen molar-refractivity contribution in [2.75, 3.05) is 0 Å². The number of primary amides is 1. The number of hydrogen-bond acceptors (Lipinski definition) is 2. The fraction of sp³-hybridized carbons (Fsp3) is 0.833. The minimum Gasteiger partial charge on any atom is -0.350 e. The standard InChI is InChI=1S/C6H15N3O/c1-3-5(4-2)9(8)6(7)10/h5H,3-4,8H2,1-2H3,(H2,7,10). The summed E-state index contributed by atoms with van der Waals surface area (Å²) in [5.74, 6) is 5.34. The molecule has 0 aromatic heterocycles. The Kier molecular flexibility index (Phi) is 3.79. The molecule has 2 amide bonds. The molecular weight excluding hydrogens is 130 g/mol. The zero-order valence-electron chi connectivity index (χ0n) is 6.50. The number of hydrogen-bond donors (Lipinski definition) is 2. The first-order valence-corrected chi connectivity index (χ1v) is 3.46. The highest BCUT2D eigenvalue weighted by molar-refractivity contribution is 5.71. The summed E-state index contributed by atoms with van der Waals surface area (Å²) < 4.78 is 0. The van der Waals surface area contributed by atoms with E-state index in [4.69, 9.17) is 11.6 Å². The Morgan fingerprint density at radius 1 is 1.50 bits per heavy atom. The highest BCUT2D eigenvalue weighted by atomic mass is 16.2. The van der Waals surface area contributed by atoms with E-state index in [1.807, 2.05) is 13.8 Å². The molecule has 0 aromatic rings. The summed E-state index contributed by atoms with van der Waals surface area (Å²) in [6, 6.07) is -0.480. The molecule has 0 saturated carbocycles. The Morgan fingerprint density at radius 2 is 1.90 bits per heavy atom. The number of carbonyl (C=O) groups is 1. The number of amides is 2. The second-order valence-corrected chi connectivity index (χ2v) is 2.22. The van der Waals surface area contributed by atoms with Crippen LogP contribution in [-0.4, -0.2) is 17.1 Å². The third-order valence-corrected chi connectivity index (χ3v) is 1.59. The van der Waals surface area contributed by atoms with Crippen LogP contribution in [0.2, 0.25) is 0 Å². The van der Waals surface area contributed by atoms with Crippen molar-refractivity contribution in [2.45, 2.75) is 32.7 Å². The lowest BCUT2D eigenvalue weighted by Crippen LogP contribution is -2.47. The molecule has 0 aliphatic rings. The lowest BCUT2D eigenvalue weighted by molar-refractivity contribution is 0.180. The van der Waals surface area contributed by atoms with Crippen molar-refractivity contribution < 1.29 is 4.79 Å². The van der Waals surface area contributed by atoms with Gasteiger partial charge in [0.15, 0.2) is 0 Å². The van der Waals surface area contributed by atoms with Gasteiger partial charge in [0.1, 0.15) is 0 Å². The number of rotatable bonds is 3. The molecule has 60 valence electrons. The molecule has 0 atom stereocenters. The number of urea groups is 1. The minimum absolute atomic E-state index is 0.0810. The third-order valence-electron chi connectivity index (χ3n) is 1.59. The Hall–Kier alpha value is -0.770. The summed E-state index contributed by atoms with van der Waals surface area (Å²) in [4.78, 5) is 10.5. The predicted octanol–water partition coefficient (Wildman–Crippen LogP) is 0.429. The van der Waals surface area contributed by atoms with Crippen molar-refractivity contribution in [3.63, 3.8) is 0 Å². The van der Waals surface area contributed by atoms with Gasteiger partial charge in [-0.2, -0.15) is 0 Å². The van der Waals surface area contributed by atoms with E-state index in [0.29, 0.717) is 0 Å². The van der Waals surface area contributed by atoms with Crippen molar-refractivity contribution in [1.82, 2.24) is 5.01 Å². The molecule has 0 heterocycles. The molecule has 0 spiro atoms. The molecule has 0 rings (SSSR count). The topological polar surface area (TPSA) is 72.3 Å².